The average molecular weight is 304 g/mol. The van der Waals surface area contributed by atoms with Crippen molar-refractivity contribution in [3.8, 4) is 0 Å². The van der Waals surface area contributed by atoms with Gasteiger partial charge in [-0.05, 0) is 6.42 Å². The number of alkyl halides is 3. The Morgan fingerprint density at radius 2 is 1.94 bits per heavy atom. The lowest BCUT2D eigenvalue weighted by Gasteiger charge is -2.08. The summed E-state index contributed by atoms with van der Waals surface area (Å²) in [6, 6.07) is 0. The molecule has 0 amide bonds. The lowest BCUT2D eigenvalue weighted by atomic mass is 10.3. The summed E-state index contributed by atoms with van der Waals surface area (Å²) in [7, 11) is -3.87. The zero-order chi connectivity index (χ0) is 13.8. The zero-order valence-electron chi connectivity index (χ0n) is 8.91. The Labute approximate surface area is 106 Å². The van der Waals surface area contributed by atoms with Crippen LogP contribution in [0.1, 0.15) is 12.8 Å². The summed E-state index contributed by atoms with van der Waals surface area (Å²) in [6.07, 6.45) is -3.84. The molecule has 1 aromatic rings. The van der Waals surface area contributed by atoms with Crippen LogP contribution in [0.25, 0.3) is 0 Å². The minimum Gasteiger partial charge on any atom is -0.266 e. The third-order valence-electron chi connectivity index (χ3n) is 1.75. The van der Waals surface area contributed by atoms with E-state index in [-0.39, 0.29) is 11.0 Å². The van der Waals surface area contributed by atoms with Gasteiger partial charge in [0.1, 0.15) is 5.15 Å². The number of rotatable bonds is 5. The van der Waals surface area contributed by atoms with Crippen molar-refractivity contribution in [2.24, 2.45) is 0 Å². The minimum absolute atomic E-state index is 0.0787. The summed E-state index contributed by atoms with van der Waals surface area (Å²) in [4.78, 5) is 7.19. The highest BCUT2D eigenvalue weighted by Gasteiger charge is 2.27. The van der Waals surface area contributed by atoms with Gasteiger partial charge in [0.15, 0.2) is 5.82 Å². The molecule has 0 bridgehead atoms. The molecule has 0 fully saturated rings. The van der Waals surface area contributed by atoms with Crippen LogP contribution in [0.5, 0.6) is 0 Å². The van der Waals surface area contributed by atoms with Crippen LogP contribution in [-0.2, 0) is 10.0 Å². The highest BCUT2D eigenvalue weighted by molar-refractivity contribution is 7.92. The molecule has 0 spiro atoms. The van der Waals surface area contributed by atoms with Gasteiger partial charge in [-0.1, -0.05) is 11.6 Å². The van der Waals surface area contributed by atoms with Crippen LogP contribution >= 0.6 is 11.6 Å². The van der Waals surface area contributed by atoms with Crippen molar-refractivity contribution in [1.29, 1.82) is 0 Å². The van der Waals surface area contributed by atoms with Gasteiger partial charge in [0.05, 0.1) is 18.1 Å². The predicted octanol–water partition coefficient (Wildman–Crippen LogP) is 2.21. The van der Waals surface area contributed by atoms with E-state index in [2.05, 4.69) is 9.97 Å². The normalized spacial score (nSPS) is 12.4. The second-order valence-corrected chi connectivity index (χ2v) is 5.59. The number of aromatic nitrogens is 2. The van der Waals surface area contributed by atoms with E-state index in [9.17, 15) is 21.6 Å². The van der Waals surface area contributed by atoms with Crippen molar-refractivity contribution in [2.75, 3.05) is 10.5 Å². The van der Waals surface area contributed by atoms with Crippen molar-refractivity contribution in [1.82, 2.24) is 9.97 Å². The summed E-state index contributed by atoms with van der Waals surface area (Å²) >= 11 is 5.44. The van der Waals surface area contributed by atoms with Crippen molar-refractivity contribution in [2.45, 2.75) is 19.0 Å². The molecular formula is C8H9ClF3N3O2S. The van der Waals surface area contributed by atoms with Gasteiger partial charge in [0.25, 0.3) is 0 Å². The number of hydrogen-bond acceptors (Lipinski definition) is 4. The molecule has 0 atom stereocenters. The lowest BCUT2D eigenvalue weighted by molar-refractivity contribution is -0.134. The molecule has 10 heteroatoms. The van der Waals surface area contributed by atoms with Crippen LogP contribution in [0.2, 0.25) is 5.15 Å². The zero-order valence-corrected chi connectivity index (χ0v) is 10.5. The van der Waals surface area contributed by atoms with Gasteiger partial charge in [-0.3, -0.25) is 4.72 Å². The topological polar surface area (TPSA) is 72.0 Å². The Hall–Kier alpha value is -1.09. The van der Waals surface area contributed by atoms with Crippen LogP contribution < -0.4 is 4.72 Å². The quantitative estimate of drug-likeness (QED) is 0.905. The highest BCUT2D eigenvalue weighted by atomic mass is 35.5. The van der Waals surface area contributed by atoms with E-state index in [1.165, 1.54) is 0 Å². The molecule has 0 aromatic carbocycles. The minimum atomic E-state index is -4.37. The summed E-state index contributed by atoms with van der Waals surface area (Å²) in [5, 5.41) is 0.0787. The molecule has 0 aliphatic rings. The third kappa shape index (κ3) is 6.01. The predicted molar refractivity (Wildman–Crippen MR) is 59.7 cm³/mol. The second-order valence-electron chi connectivity index (χ2n) is 3.36. The number of anilines is 1. The summed E-state index contributed by atoms with van der Waals surface area (Å²) < 4.78 is 60.3. The first-order valence-corrected chi connectivity index (χ1v) is 6.76. The summed E-state index contributed by atoms with van der Waals surface area (Å²) in [6.45, 7) is 0. The maximum atomic E-state index is 11.8. The molecule has 0 radical (unpaired) electrons. The standard InChI is InChI=1S/C8H9ClF3N3O2S/c9-6-4-14-7(5-13-6)15-18(16,17)3-1-2-8(10,11)12/h4-5H,1-3H2,(H,14,15). The fourth-order valence-electron chi connectivity index (χ4n) is 1.04. The lowest BCUT2D eigenvalue weighted by Crippen LogP contribution is -2.19. The van der Waals surface area contributed by atoms with Gasteiger partial charge in [-0.2, -0.15) is 13.2 Å². The van der Waals surface area contributed by atoms with Crippen LogP contribution in [0.3, 0.4) is 0 Å². The molecule has 1 N–H and O–H groups in total. The Kier molecular flexibility index (Phi) is 4.74. The smallest absolute Gasteiger partial charge is 0.266 e. The molecule has 0 aliphatic carbocycles. The van der Waals surface area contributed by atoms with Crippen LogP contribution in [-0.4, -0.2) is 30.3 Å². The van der Waals surface area contributed by atoms with Gasteiger partial charge in [-0.25, -0.2) is 18.4 Å². The molecule has 1 rings (SSSR count). The van der Waals surface area contributed by atoms with Crippen molar-refractivity contribution in [3.63, 3.8) is 0 Å². The van der Waals surface area contributed by atoms with Gasteiger partial charge in [-0.15, -0.1) is 0 Å². The maximum absolute atomic E-state index is 11.8. The number of hydrogen-bond donors (Lipinski definition) is 1. The monoisotopic (exact) mass is 303 g/mol. The number of sulfonamides is 1. The first-order valence-electron chi connectivity index (χ1n) is 4.73. The van der Waals surface area contributed by atoms with Crippen LogP contribution in [0.15, 0.2) is 12.4 Å². The molecule has 102 valence electrons. The number of nitrogens with zero attached hydrogens (tertiary/aromatic N) is 2. The summed E-state index contributed by atoms with van der Waals surface area (Å²) in [5.74, 6) is -0.733. The third-order valence-corrected chi connectivity index (χ3v) is 3.30. The highest BCUT2D eigenvalue weighted by Crippen LogP contribution is 2.21. The van der Waals surface area contributed by atoms with E-state index in [1.807, 2.05) is 4.72 Å². The van der Waals surface area contributed by atoms with Crippen LogP contribution in [0.4, 0.5) is 19.0 Å². The van der Waals surface area contributed by atoms with E-state index in [0.717, 1.165) is 12.4 Å². The van der Waals surface area contributed by atoms with Gasteiger partial charge in [0.2, 0.25) is 10.0 Å². The van der Waals surface area contributed by atoms with E-state index in [4.69, 9.17) is 11.6 Å². The molecule has 0 saturated heterocycles. The first kappa shape index (κ1) is 15.0. The molecule has 1 heterocycles. The molecule has 1 aromatic heterocycles. The Bertz CT molecular complexity index is 489. The first-order chi connectivity index (χ1) is 8.18. The second kappa shape index (κ2) is 5.70. The Morgan fingerprint density at radius 1 is 1.28 bits per heavy atom. The van der Waals surface area contributed by atoms with Crippen molar-refractivity contribution < 1.29 is 21.6 Å². The molecular weight excluding hydrogens is 295 g/mol. The fraction of sp³-hybridized carbons (Fsp3) is 0.500. The Morgan fingerprint density at radius 3 is 2.44 bits per heavy atom. The van der Waals surface area contributed by atoms with Crippen LogP contribution in [0, 0.1) is 0 Å². The van der Waals surface area contributed by atoms with E-state index >= 15 is 0 Å². The maximum Gasteiger partial charge on any atom is 0.389 e. The number of nitrogens with one attached hydrogen (secondary N) is 1. The number of halogens is 4. The van der Waals surface area contributed by atoms with E-state index in [1.54, 1.807) is 0 Å². The molecule has 5 nitrogen and oxygen atoms in total. The fourth-order valence-corrected chi connectivity index (χ4v) is 2.19. The molecule has 0 saturated carbocycles. The van der Waals surface area contributed by atoms with Gasteiger partial charge < -0.3 is 0 Å². The van der Waals surface area contributed by atoms with Crippen molar-refractivity contribution in [3.05, 3.63) is 17.5 Å². The largest absolute Gasteiger partial charge is 0.389 e. The van der Waals surface area contributed by atoms with Gasteiger partial charge >= 0.3 is 6.18 Å². The van der Waals surface area contributed by atoms with E-state index in [0.29, 0.717) is 0 Å². The summed E-state index contributed by atoms with van der Waals surface area (Å²) in [5.41, 5.74) is 0. The SMILES string of the molecule is O=S(=O)(CCCC(F)(F)F)Nc1cnc(Cl)cn1. The van der Waals surface area contributed by atoms with Crippen molar-refractivity contribution >= 4 is 27.4 Å². The Balaban J connectivity index is 2.52. The molecule has 0 aliphatic heterocycles. The van der Waals surface area contributed by atoms with E-state index < -0.39 is 34.8 Å². The molecule has 0 unspecified atom stereocenters. The molecule has 18 heavy (non-hydrogen) atoms. The van der Waals surface area contributed by atoms with Gasteiger partial charge in [0, 0.05) is 6.42 Å². The average Bonchev–Trinajstić information content (AvgIpc) is 2.18.